The molecule has 0 aromatic heterocycles. The molecule has 2 fully saturated rings. The highest BCUT2D eigenvalue weighted by molar-refractivity contribution is 8.00. The minimum atomic E-state index is -0.276. The van der Waals surface area contributed by atoms with E-state index in [1.165, 1.54) is 47.9 Å². The second-order valence-electron chi connectivity index (χ2n) is 8.00. The molecule has 4 heteroatoms. The summed E-state index contributed by atoms with van der Waals surface area (Å²) in [6, 6.07) is 16.9. The summed E-state index contributed by atoms with van der Waals surface area (Å²) in [6.07, 6.45) is 4.92. The maximum atomic E-state index is 12.3. The van der Waals surface area contributed by atoms with Crippen molar-refractivity contribution in [1.82, 2.24) is 5.32 Å². The Balaban J connectivity index is 1.19. The molecule has 2 unspecified atom stereocenters. The SMILES string of the molecule is O=C(NCC1CC2CCC(C1)S2)OCC1c2ccccc2-c2ccccc21. The number of carbonyl (C=O) groups excluding carboxylic acids is 1. The highest BCUT2D eigenvalue weighted by Gasteiger charge is 2.35. The largest absolute Gasteiger partial charge is 0.449 e. The fraction of sp³-hybridized carbons (Fsp3) is 0.435. The Bertz CT molecular complexity index is 794. The summed E-state index contributed by atoms with van der Waals surface area (Å²) in [7, 11) is 0. The maximum Gasteiger partial charge on any atom is 0.407 e. The van der Waals surface area contributed by atoms with Gasteiger partial charge in [-0.25, -0.2) is 4.79 Å². The second kappa shape index (κ2) is 7.23. The molecular weight excluding hydrogens is 354 g/mol. The smallest absolute Gasteiger partial charge is 0.407 e. The third-order valence-electron chi connectivity index (χ3n) is 6.27. The molecule has 2 aliphatic heterocycles. The molecule has 5 rings (SSSR count). The van der Waals surface area contributed by atoms with Crippen LogP contribution < -0.4 is 5.32 Å². The fourth-order valence-corrected chi connectivity index (χ4v) is 6.87. The van der Waals surface area contributed by atoms with Crippen LogP contribution in [-0.4, -0.2) is 29.7 Å². The fourth-order valence-electron chi connectivity index (χ4n) is 5.01. The monoisotopic (exact) mass is 379 g/mol. The Hall–Kier alpha value is -1.94. The Morgan fingerprint density at radius 1 is 0.963 bits per heavy atom. The van der Waals surface area contributed by atoms with Crippen LogP contribution >= 0.6 is 11.8 Å². The van der Waals surface area contributed by atoms with E-state index in [0.717, 1.165) is 17.0 Å². The number of hydrogen-bond donors (Lipinski definition) is 1. The van der Waals surface area contributed by atoms with Gasteiger partial charge in [-0.3, -0.25) is 0 Å². The van der Waals surface area contributed by atoms with Crippen LogP contribution in [0.4, 0.5) is 4.79 Å². The number of ether oxygens (including phenoxy) is 1. The third-order valence-corrected chi connectivity index (χ3v) is 7.89. The summed E-state index contributed by atoms with van der Waals surface area (Å²) in [6.45, 7) is 1.15. The second-order valence-corrected chi connectivity index (χ2v) is 9.61. The van der Waals surface area contributed by atoms with Crippen molar-refractivity contribution in [1.29, 1.82) is 0 Å². The topological polar surface area (TPSA) is 38.3 Å². The van der Waals surface area contributed by atoms with Crippen LogP contribution in [0.5, 0.6) is 0 Å². The number of hydrogen-bond acceptors (Lipinski definition) is 3. The normalized spacial score (nSPS) is 25.7. The van der Waals surface area contributed by atoms with Gasteiger partial charge in [0.05, 0.1) is 0 Å². The molecule has 2 saturated heterocycles. The van der Waals surface area contributed by atoms with Gasteiger partial charge in [0.2, 0.25) is 0 Å². The zero-order chi connectivity index (χ0) is 18.2. The maximum absolute atomic E-state index is 12.3. The van der Waals surface area contributed by atoms with Crippen molar-refractivity contribution in [3.05, 3.63) is 59.7 Å². The number of nitrogens with one attached hydrogen (secondary N) is 1. The lowest BCUT2D eigenvalue weighted by molar-refractivity contribution is 0.141. The van der Waals surface area contributed by atoms with Gasteiger partial charge in [0.25, 0.3) is 0 Å². The van der Waals surface area contributed by atoms with Crippen molar-refractivity contribution in [2.75, 3.05) is 13.2 Å². The lowest BCUT2D eigenvalue weighted by Crippen LogP contribution is -2.33. The molecule has 1 N–H and O–H groups in total. The summed E-state index contributed by atoms with van der Waals surface area (Å²) in [5, 5.41) is 4.66. The van der Waals surface area contributed by atoms with Crippen LogP contribution in [-0.2, 0) is 4.74 Å². The van der Waals surface area contributed by atoms with Crippen LogP contribution in [0.2, 0.25) is 0 Å². The Kier molecular flexibility index (Phi) is 4.60. The molecule has 3 aliphatic rings. The van der Waals surface area contributed by atoms with E-state index >= 15 is 0 Å². The highest BCUT2D eigenvalue weighted by atomic mass is 32.2. The van der Waals surface area contributed by atoms with Gasteiger partial charge in [0.15, 0.2) is 0 Å². The van der Waals surface area contributed by atoms with E-state index < -0.39 is 0 Å². The van der Waals surface area contributed by atoms with E-state index in [4.69, 9.17) is 4.74 Å². The van der Waals surface area contributed by atoms with Crippen LogP contribution in [0, 0.1) is 5.92 Å². The molecule has 2 aromatic carbocycles. The Morgan fingerprint density at radius 2 is 1.56 bits per heavy atom. The average Bonchev–Trinajstić information content (AvgIpc) is 3.21. The molecule has 2 bridgehead atoms. The molecule has 0 spiro atoms. The zero-order valence-electron chi connectivity index (χ0n) is 15.4. The molecule has 0 radical (unpaired) electrons. The first-order valence-corrected chi connectivity index (χ1v) is 11.0. The van der Waals surface area contributed by atoms with Crippen molar-refractivity contribution in [3.8, 4) is 11.1 Å². The molecule has 1 amide bonds. The number of rotatable bonds is 4. The van der Waals surface area contributed by atoms with E-state index in [-0.39, 0.29) is 12.0 Å². The molecule has 2 heterocycles. The van der Waals surface area contributed by atoms with Crippen LogP contribution in [0.3, 0.4) is 0 Å². The molecule has 2 aromatic rings. The van der Waals surface area contributed by atoms with E-state index in [1.807, 2.05) is 0 Å². The highest BCUT2D eigenvalue weighted by Crippen LogP contribution is 2.46. The first kappa shape index (κ1) is 17.2. The zero-order valence-corrected chi connectivity index (χ0v) is 16.2. The van der Waals surface area contributed by atoms with Crippen LogP contribution in [0.15, 0.2) is 48.5 Å². The van der Waals surface area contributed by atoms with E-state index in [9.17, 15) is 4.79 Å². The van der Waals surface area contributed by atoms with Gasteiger partial charge in [-0.15, -0.1) is 0 Å². The minimum absolute atomic E-state index is 0.130. The Labute approximate surface area is 164 Å². The number of benzene rings is 2. The van der Waals surface area contributed by atoms with Crippen molar-refractivity contribution < 1.29 is 9.53 Å². The lowest BCUT2D eigenvalue weighted by Gasteiger charge is -2.27. The molecule has 140 valence electrons. The van der Waals surface area contributed by atoms with Crippen LogP contribution in [0.1, 0.15) is 42.7 Å². The van der Waals surface area contributed by atoms with E-state index in [2.05, 4.69) is 65.6 Å². The van der Waals surface area contributed by atoms with Crippen molar-refractivity contribution >= 4 is 17.9 Å². The first-order chi connectivity index (χ1) is 13.3. The van der Waals surface area contributed by atoms with Gasteiger partial charge < -0.3 is 10.1 Å². The van der Waals surface area contributed by atoms with E-state index in [0.29, 0.717) is 12.5 Å². The summed E-state index contributed by atoms with van der Waals surface area (Å²) in [4.78, 5) is 12.3. The van der Waals surface area contributed by atoms with Gasteiger partial charge in [-0.2, -0.15) is 11.8 Å². The van der Waals surface area contributed by atoms with Crippen molar-refractivity contribution in [2.45, 2.75) is 42.1 Å². The predicted octanol–water partition coefficient (Wildman–Crippen LogP) is 5.20. The van der Waals surface area contributed by atoms with E-state index in [1.54, 1.807) is 0 Å². The number of fused-ring (bicyclic) bond motifs is 5. The number of amides is 1. The van der Waals surface area contributed by atoms with Gasteiger partial charge in [-0.1, -0.05) is 48.5 Å². The van der Waals surface area contributed by atoms with Crippen molar-refractivity contribution in [2.24, 2.45) is 5.92 Å². The molecular formula is C23H25NO2S. The number of carbonyl (C=O) groups is 1. The number of alkyl carbamates (subject to hydrolysis) is 1. The minimum Gasteiger partial charge on any atom is -0.449 e. The summed E-state index contributed by atoms with van der Waals surface area (Å²) in [5.41, 5.74) is 5.04. The lowest BCUT2D eigenvalue weighted by atomic mass is 9.98. The third kappa shape index (κ3) is 3.36. The Morgan fingerprint density at radius 3 is 2.19 bits per heavy atom. The summed E-state index contributed by atoms with van der Waals surface area (Å²) >= 11 is 2.16. The average molecular weight is 380 g/mol. The summed E-state index contributed by atoms with van der Waals surface area (Å²) < 4.78 is 5.64. The summed E-state index contributed by atoms with van der Waals surface area (Å²) in [5.74, 6) is 0.745. The first-order valence-electron chi connectivity index (χ1n) is 10.0. The molecule has 2 atom stereocenters. The molecule has 3 nitrogen and oxygen atoms in total. The van der Waals surface area contributed by atoms with Gasteiger partial charge in [0.1, 0.15) is 6.61 Å². The number of thioether (sulfide) groups is 1. The van der Waals surface area contributed by atoms with Gasteiger partial charge in [0, 0.05) is 23.0 Å². The van der Waals surface area contributed by atoms with Crippen molar-refractivity contribution in [3.63, 3.8) is 0 Å². The molecule has 0 saturated carbocycles. The standard InChI is InChI=1S/C23H25NO2S/c25-23(24-13-15-11-16-9-10-17(12-15)27-16)26-14-22-20-7-3-1-5-18(20)19-6-2-4-8-21(19)22/h1-8,15-17,22H,9-14H2,(H,24,25). The predicted molar refractivity (Wildman–Crippen MR) is 110 cm³/mol. The van der Waals surface area contributed by atoms with Crippen LogP contribution in [0.25, 0.3) is 11.1 Å². The van der Waals surface area contributed by atoms with Gasteiger partial charge in [-0.05, 0) is 53.9 Å². The quantitative estimate of drug-likeness (QED) is 0.793. The molecule has 27 heavy (non-hydrogen) atoms. The molecule has 1 aliphatic carbocycles. The van der Waals surface area contributed by atoms with Gasteiger partial charge >= 0.3 is 6.09 Å².